The van der Waals surface area contributed by atoms with Gasteiger partial charge in [0, 0.05) is 24.5 Å². The third kappa shape index (κ3) is 4.64. The molecule has 0 aliphatic heterocycles. The molecule has 0 aliphatic carbocycles. The molecule has 1 unspecified atom stereocenters. The van der Waals surface area contributed by atoms with Gasteiger partial charge in [0.05, 0.1) is 0 Å². The van der Waals surface area contributed by atoms with Gasteiger partial charge in [-0.15, -0.1) is 0 Å². The van der Waals surface area contributed by atoms with Crippen LogP contribution in [0.2, 0.25) is 0 Å². The van der Waals surface area contributed by atoms with E-state index in [9.17, 15) is 4.39 Å². The Kier molecular flexibility index (Phi) is 5.88. The third-order valence-corrected chi connectivity index (χ3v) is 3.75. The van der Waals surface area contributed by atoms with E-state index in [0.717, 1.165) is 24.8 Å². The second-order valence-electron chi connectivity index (χ2n) is 5.42. The van der Waals surface area contributed by atoms with Crippen molar-refractivity contribution in [3.8, 4) is 0 Å². The molecule has 1 aromatic carbocycles. The quantitative estimate of drug-likeness (QED) is 0.790. The molecule has 3 heteroatoms. The Morgan fingerprint density at radius 1 is 1.14 bits per heavy atom. The van der Waals surface area contributed by atoms with E-state index in [4.69, 9.17) is 0 Å². The highest BCUT2D eigenvalue weighted by atomic mass is 19.1. The lowest BCUT2D eigenvalue weighted by atomic mass is 9.99. The zero-order chi connectivity index (χ0) is 15.1. The van der Waals surface area contributed by atoms with Crippen molar-refractivity contribution in [3.05, 3.63) is 65.7 Å². The molecule has 0 aliphatic rings. The van der Waals surface area contributed by atoms with Crippen LogP contribution in [0.3, 0.4) is 0 Å². The van der Waals surface area contributed by atoms with Crippen molar-refractivity contribution < 1.29 is 4.39 Å². The number of nitrogens with one attached hydrogen (secondary N) is 1. The van der Waals surface area contributed by atoms with Gasteiger partial charge >= 0.3 is 0 Å². The fraction of sp³-hybridized carbons (Fsp3) is 0.389. The first kappa shape index (κ1) is 15.6. The normalized spacial score (nSPS) is 13.9. The Hall–Kier alpha value is -1.74. The molecule has 0 spiro atoms. The second kappa shape index (κ2) is 7.89. The fourth-order valence-electron chi connectivity index (χ4n) is 2.48. The molecule has 0 saturated carbocycles. The van der Waals surface area contributed by atoms with E-state index < -0.39 is 0 Å². The summed E-state index contributed by atoms with van der Waals surface area (Å²) in [4.78, 5) is 4.17. The summed E-state index contributed by atoms with van der Waals surface area (Å²) in [7, 11) is 0. The standard InChI is InChI=1S/C18H23FN2/c1-3-4-7-18(15-8-10-17(19)11-9-15)21-14(2)16-6-5-12-20-13-16/h5-6,8-14,18,21H,3-4,7H2,1-2H3/t14-,18?/m1/s1. The lowest BCUT2D eigenvalue weighted by Crippen LogP contribution is -2.25. The van der Waals surface area contributed by atoms with Crippen molar-refractivity contribution >= 4 is 0 Å². The second-order valence-corrected chi connectivity index (χ2v) is 5.42. The van der Waals surface area contributed by atoms with Gasteiger partial charge in [-0.1, -0.05) is 38.0 Å². The summed E-state index contributed by atoms with van der Waals surface area (Å²) >= 11 is 0. The zero-order valence-electron chi connectivity index (χ0n) is 12.7. The van der Waals surface area contributed by atoms with Gasteiger partial charge < -0.3 is 5.32 Å². The molecule has 0 radical (unpaired) electrons. The van der Waals surface area contributed by atoms with E-state index in [2.05, 4.69) is 30.2 Å². The van der Waals surface area contributed by atoms with Gasteiger partial charge in [0.15, 0.2) is 0 Å². The monoisotopic (exact) mass is 286 g/mol. The number of aromatic nitrogens is 1. The van der Waals surface area contributed by atoms with E-state index in [0.29, 0.717) is 0 Å². The smallest absolute Gasteiger partial charge is 0.123 e. The Morgan fingerprint density at radius 3 is 2.52 bits per heavy atom. The Labute approximate surface area is 126 Å². The van der Waals surface area contributed by atoms with Gasteiger partial charge in [0.25, 0.3) is 0 Å². The summed E-state index contributed by atoms with van der Waals surface area (Å²) < 4.78 is 13.1. The van der Waals surface area contributed by atoms with Crippen LogP contribution in [-0.2, 0) is 0 Å². The van der Waals surface area contributed by atoms with E-state index in [1.807, 2.05) is 24.4 Å². The van der Waals surface area contributed by atoms with E-state index in [-0.39, 0.29) is 17.9 Å². The molecule has 1 heterocycles. The predicted octanol–water partition coefficient (Wildman–Crippen LogP) is 4.80. The first-order valence-electron chi connectivity index (χ1n) is 7.62. The van der Waals surface area contributed by atoms with Crippen molar-refractivity contribution in [3.63, 3.8) is 0 Å². The Morgan fingerprint density at radius 2 is 1.90 bits per heavy atom. The lowest BCUT2D eigenvalue weighted by molar-refractivity contribution is 0.430. The van der Waals surface area contributed by atoms with E-state index in [1.54, 1.807) is 6.20 Å². The van der Waals surface area contributed by atoms with Crippen LogP contribution >= 0.6 is 0 Å². The number of halogens is 1. The maximum atomic E-state index is 13.1. The van der Waals surface area contributed by atoms with Gasteiger partial charge in [-0.3, -0.25) is 4.98 Å². The van der Waals surface area contributed by atoms with Crippen LogP contribution < -0.4 is 5.32 Å². The van der Waals surface area contributed by atoms with Crippen molar-refractivity contribution in [2.75, 3.05) is 0 Å². The molecule has 0 amide bonds. The molecule has 0 saturated heterocycles. The first-order valence-corrected chi connectivity index (χ1v) is 7.62. The van der Waals surface area contributed by atoms with Crippen LogP contribution in [0.4, 0.5) is 4.39 Å². The maximum absolute atomic E-state index is 13.1. The van der Waals surface area contributed by atoms with Crippen molar-refractivity contribution in [2.24, 2.45) is 0 Å². The highest BCUT2D eigenvalue weighted by Crippen LogP contribution is 2.24. The number of hydrogen-bond donors (Lipinski definition) is 1. The maximum Gasteiger partial charge on any atom is 0.123 e. The number of rotatable bonds is 7. The first-order chi connectivity index (χ1) is 10.2. The molecule has 0 bridgehead atoms. The summed E-state index contributed by atoms with van der Waals surface area (Å²) in [6.45, 7) is 4.33. The van der Waals surface area contributed by atoms with Crippen LogP contribution in [0, 0.1) is 5.82 Å². The van der Waals surface area contributed by atoms with Crippen molar-refractivity contribution in [1.29, 1.82) is 0 Å². The largest absolute Gasteiger partial charge is 0.303 e. The highest BCUT2D eigenvalue weighted by Gasteiger charge is 2.15. The van der Waals surface area contributed by atoms with Crippen molar-refractivity contribution in [1.82, 2.24) is 10.3 Å². The Bertz CT molecular complexity index is 525. The molecule has 21 heavy (non-hydrogen) atoms. The van der Waals surface area contributed by atoms with Crippen LogP contribution in [0.1, 0.15) is 56.3 Å². The number of benzene rings is 1. The molecule has 2 atom stereocenters. The van der Waals surface area contributed by atoms with Crippen LogP contribution in [0.15, 0.2) is 48.8 Å². The molecule has 2 aromatic rings. The van der Waals surface area contributed by atoms with Gasteiger partial charge in [-0.25, -0.2) is 4.39 Å². The predicted molar refractivity (Wildman–Crippen MR) is 84.5 cm³/mol. The summed E-state index contributed by atoms with van der Waals surface area (Å²) in [5.41, 5.74) is 2.31. The fourth-order valence-corrected chi connectivity index (χ4v) is 2.48. The van der Waals surface area contributed by atoms with Crippen LogP contribution in [-0.4, -0.2) is 4.98 Å². The number of pyridine rings is 1. The SMILES string of the molecule is CCCCC(N[C@H](C)c1cccnc1)c1ccc(F)cc1. The Balaban J connectivity index is 2.10. The molecule has 0 fully saturated rings. The minimum atomic E-state index is -0.187. The van der Waals surface area contributed by atoms with Gasteiger partial charge in [0.2, 0.25) is 0 Å². The van der Waals surface area contributed by atoms with Crippen LogP contribution in [0.5, 0.6) is 0 Å². The number of nitrogens with zero attached hydrogens (tertiary/aromatic N) is 1. The third-order valence-electron chi connectivity index (χ3n) is 3.75. The summed E-state index contributed by atoms with van der Waals surface area (Å²) in [5, 5.41) is 3.64. The summed E-state index contributed by atoms with van der Waals surface area (Å²) in [5.74, 6) is -0.187. The van der Waals surface area contributed by atoms with Gasteiger partial charge in [0.1, 0.15) is 5.82 Å². The lowest BCUT2D eigenvalue weighted by Gasteiger charge is -2.24. The summed E-state index contributed by atoms with van der Waals surface area (Å²) in [6, 6.07) is 11.3. The summed E-state index contributed by atoms with van der Waals surface area (Å²) in [6.07, 6.45) is 7.02. The number of hydrogen-bond acceptors (Lipinski definition) is 2. The van der Waals surface area contributed by atoms with Gasteiger partial charge in [-0.05, 0) is 42.7 Å². The minimum Gasteiger partial charge on any atom is -0.303 e. The number of unbranched alkanes of at least 4 members (excludes halogenated alkanes) is 1. The van der Waals surface area contributed by atoms with Crippen LogP contribution in [0.25, 0.3) is 0 Å². The molecule has 1 aromatic heterocycles. The van der Waals surface area contributed by atoms with E-state index >= 15 is 0 Å². The molecule has 1 N–H and O–H groups in total. The molecular weight excluding hydrogens is 263 g/mol. The molecule has 2 nitrogen and oxygen atoms in total. The molecule has 2 rings (SSSR count). The molecule has 112 valence electrons. The molecular formula is C18H23FN2. The minimum absolute atomic E-state index is 0.187. The highest BCUT2D eigenvalue weighted by molar-refractivity contribution is 5.21. The average Bonchev–Trinajstić information content (AvgIpc) is 2.53. The van der Waals surface area contributed by atoms with Crippen molar-refractivity contribution in [2.45, 2.75) is 45.2 Å². The topological polar surface area (TPSA) is 24.9 Å². The zero-order valence-corrected chi connectivity index (χ0v) is 12.7. The van der Waals surface area contributed by atoms with E-state index in [1.165, 1.54) is 17.7 Å². The van der Waals surface area contributed by atoms with Gasteiger partial charge in [-0.2, -0.15) is 0 Å². The average molecular weight is 286 g/mol.